The average molecular weight is 285 g/mol. The van der Waals surface area contributed by atoms with Crippen LogP contribution in [-0.4, -0.2) is 56.5 Å². The molecule has 1 aliphatic heterocycles. The molecule has 106 valence electrons. The third-order valence-corrected chi connectivity index (χ3v) is 4.50. The summed E-state index contributed by atoms with van der Waals surface area (Å²) in [5, 5.41) is 2.74. The number of likely N-dealkylation sites (tertiary alicyclic amines) is 1. The normalized spacial score (nSPS) is 16.7. The molecule has 19 heavy (non-hydrogen) atoms. The Bertz CT molecular complexity index is 496. The summed E-state index contributed by atoms with van der Waals surface area (Å²) in [6.45, 7) is 3.27. The molecule has 2 N–H and O–H groups in total. The van der Waals surface area contributed by atoms with E-state index in [0.717, 1.165) is 19.6 Å². The third-order valence-electron chi connectivity index (χ3n) is 3.08. The zero-order valence-electron chi connectivity index (χ0n) is 11.0. The topological polar surface area (TPSA) is 87.2 Å². The second-order valence-corrected chi connectivity index (χ2v) is 6.21. The first kappa shape index (κ1) is 14.2. The molecular weight excluding hydrogens is 266 g/mol. The van der Waals surface area contributed by atoms with Gasteiger partial charge >= 0.3 is 0 Å². The van der Waals surface area contributed by atoms with E-state index < -0.39 is 10.0 Å². The van der Waals surface area contributed by atoms with Gasteiger partial charge in [0.05, 0.1) is 12.4 Å². The van der Waals surface area contributed by atoms with E-state index in [1.807, 2.05) is 0 Å². The summed E-state index contributed by atoms with van der Waals surface area (Å²) in [6, 6.07) is 0. The Balaban J connectivity index is 1.89. The summed E-state index contributed by atoms with van der Waals surface area (Å²) in [5.74, 6) is 0.399. The first-order valence-electron chi connectivity index (χ1n) is 6.33. The van der Waals surface area contributed by atoms with E-state index in [9.17, 15) is 8.42 Å². The predicted molar refractivity (Wildman–Crippen MR) is 72.4 cm³/mol. The van der Waals surface area contributed by atoms with Crippen LogP contribution in [0.15, 0.2) is 17.3 Å². The van der Waals surface area contributed by atoms with Crippen LogP contribution in [0.3, 0.4) is 0 Å². The maximum Gasteiger partial charge on any atom is 0.243 e. The molecule has 1 aromatic heterocycles. The molecule has 1 aliphatic rings. The second kappa shape index (κ2) is 6.27. The van der Waals surface area contributed by atoms with E-state index in [1.165, 1.54) is 25.2 Å². The highest BCUT2D eigenvalue weighted by atomic mass is 32.2. The molecule has 1 saturated heterocycles. The fourth-order valence-electron chi connectivity index (χ4n) is 2.01. The van der Waals surface area contributed by atoms with Crippen molar-refractivity contribution in [2.75, 3.05) is 38.5 Å². The molecule has 7 nitrogen and oxygen atoms in total. The molecule has 0 spiro atoms. The van der Waals surface area contributed by atoms with Crippen molar-refractivity contribution in [2.45, 2.75) is 17.7 Å². The summed E-state index contributed by atoms with van der Waals surface area (Å²) >= 11 is 0. The Morgan fingerprint density at radius 2 is 1.89 bits per heavy atom. The van der Waals surface area contributed by atoms with Gasteiger partial charge in [0.25, 0.3) is 0 Å². The van der Waals surface area contributed by atoms with Gasteiger partial charge in [-0.05, 0) is 25.9 Å². The lowest BCUT2D eigenvalue weighted by Gasteiger charge is -2.14. The molecular formula is C11H19N5O2S. The van der Waals surface area contributed by atoms with E-state index in [1.54, 1.807) is 7.05 Å². The molecule has 1 aromatic rings. The average Bonchev–Trinajstić information content (AvgIpc) is 2.92. The van der Waals surface area contributed by atoms with Gasteiger partial charge in [-0.25, -0.2) is 23.1 Å². The third kappa shape index (κ3) is 3.85. The maximum atomic E-state index is 12.0. The largest absolute Gasteiger partial charge is 0.357 e. The molecule has 2 heterocycles. The van der Waals surface area contributed by atoms with Crippen molar-refractivity contribution >= 4 is 16.0 Å². The monoisotopic (exact) mass is 285 g/mol. The Labute approximate surface area is 113 Å². The number of hydrogen-bond donors (Lipinski definition) is 2. The number of aromatic nitrogens is 2. The van der Waals surface area contributed by atoms with Gasteiger partial charge in [0.1, 0.15) is 4.90 Å². The minimum Gasteiger partial charge on any atom is -0.357 e. The minimum atomic E-state index is -3.51. The van der Waals surface area contributed by atoms with E-state index in [2.05, 4.69) is 24.9 Å². The van der Waals surface area contributed by atoms with Crippen LogP contribution < -0.4 is 10.0 Å². The van der Waals surface area contributed by atoms with Crippen LogP contribution in [-0.2, 0) is 10.0 Å². The fraction of sp³-hybridized carbons (Fsp3) is 0.636. The number of rotatable bonds is 6. The van der Waals surface area contributed by atoms with Crippen LogP contribution in [0.5, 0.6) is 0 Å². The Hall–Kier alpha value is -1.25. The van der Waals surface area contributed by atoms with Gasteiger partial charge in [-0.2, -0.15) is 0 Å². The summed E-state index contributed by atoms with van der Waals surface area (Å²) in [4.78, 5) is 10.1. The lowest BCUT2D eigenvalue weighted by atomic mass is 10.4. The Morgan fingerprint density at radius 1 is 1.26 bits per heavy atom. The number of nitrogens with zero attached hydrogens (tertiary/aromatic N) is 3. The van der Waals surface area contributed by atoms with Gasteiger partial charge in [0.15, 0.2) is 0 Å². The van der Waals surface area contributed by atoms with Crippen molar-refractivity contribution in [3.63, 3.8) is 0 Å². The quantitative estimate of drug-likeness (QED) is 0.758. The number of anilines is 1. The van der Waals surface area contributed by atoms with Crippen molar-refractivity contribution in [2.24, 2.45) is 0 Å². The van der Waals surface area contributed by atoms with E-state index in [4.69, 9.17) is 0 Å². The second-order valence-electron chi connectivity index (χ2n) is 4.44. The summed E-state index contributed by atoms with van der Waals surface area (Å²) in [5.41, 5.74) is 0. The summed E-state index contributed by atoms with van der Waals surface area (Å²) in [7, 11) is -1.83. The summed E-state index contributed by atoms with van der Waals surface area (Å²) in [6.07, 6.45) is 5.01. The lowest BCUT2D eigenvalue weighted by molar-refractivity contribution is 0.344. The summed E-state index contributed by atoms with van der Waals surface area (Å²) < 4.78 is 26.5. The van der Waals surface area contributed by atoms with Crippen LogP contribution in [0.25, 0.3) is 0 Å². The van der Waals surface area contributed by atoms with Crippen LogP contribution in [0.2, 0.25) is 0 Å². The zero-order valence-corrected chi connectivity index (χ0v) is 11.8. The molecule has 1 fully saturated rings. The molecule has 0 bridgehead atoms. The van der Waals surface area contributed by atoms with Crippen molar-refractivity contribution in [3.05, 3.63) is 12.4 Å². The molecule has 2 rings (SSSR count). The molecule has 8 heteroatoms. The highest BCUT2D eigenvalue weighted by Gasteiger charge is 2.16. The molecule has 0 unspecified atom stereocenters. The smallest absolute Gasteiger partial charge is 0.243 e. The highest BCUT2D eigenvalue weighted by molar-refractivity contribution is 7.89. The SMILES string of the molecule is CNc1ncc(S(=O)(=O)NCCN2CCCC2)cn1. The van der Waals surface area contributed by atoms with Gasteiger partial charge in [0, 0.05) is 20.1 Å². The van der Waals surface area contributed by atoms with Gasteiger partial charge in [-0.15, -0.1) is 0 Å². The Kier molecular flexibility index (Phi) is 4.67. The Morgan fingerprint density at radius 3 is 2.47 bits per heavy atom. The molecule has 0 saturated carbocycles. The molecule has 0 aromatic carbocycles. The van der Waals surface area contributed by atoms with E-state index in [0.29, 0.717) is 12.5 Å². The first-order chi connectivity index (χ1) is 9.12. The number of sulfonamides is 1. The van der Waals surface area contributed by atoms with E-state index >= 15 is 0 Å². The maximum absolute atomic E-state index is 12.0. The van der Waals surface area contributed by atoms with Crippen LogP contribution in [0.1, 0.15) is 12.8 Å². The van der Waals surface area contributed by atoms with Crippen molar-refractivity contribution in [3.8, 4) is 0 Å². The first-order valence-corrected chi connectivity index (χ1v) is 7.82. The number of nitrogens with one attached hydrogen (secondary N) is 2. The molecule has 0 atom stereocenters. The van der Waals surface area contributed by atoms with Crippen molar-refractivity contribution in [1.29, 1.82) is 0 Å². The fourth-order valence-corrected chi connectivity index (χ4v) is 2.92. The van der Waals surface area contributed by atoms with Crippen molar-refractivity contribution < 1.29 is 8.42 Å². The van der Waals surface area contributed by atoms with E-state index in [-0.39, 0.29) is 4.90 Å². The highest BCUT2D eigenvalue weighted by Crippen LogP contribution is 2.08. The standard InChI is InChI=1S/C11H19N5O2S/c1-12-11-13-8-10(9-14-11)19(17,18)15-4-7-16-5-2-3-6-16/h8-9,15H,2-7H2,1H3,(H,12,13,14). The zero-order chi connectivity index (χ0) is 13.7. The van der Waals surface area contributed by atoms with Crippen LogP contribution in [0, 0.1) is 0 Å². The number of hydrogen-bond acceptors (Lipinski definition) is 6. The van der Waals surface area contributed by atoms with Gasteiger partial charge in [-0.3, -0.25) is 0 Å². The lowest BCUT2D eigenvalue weighted by Crippen LogP contribution is -2.33. The minimum absolute atomic E-state index is 0.0907. The predicted octanol–water partition coefficient (Wildman–Crippen LogP) is -0.108. The van der Waals surface area contributed by atoms with Crippen LogP contribution >= 0.6 is 0 Å². The van der Waals surface area contributed by atoms with Gasteiger partial charge in [-0.1, -0.05) is 0 Å². The molecule has 0 amide bonds. The van der Waals surface area contributed by atoms with Crippen LogP contribution in [0.4, 0.5) is 5.95 Å². The molecule has 0 radical (unpaired) electrons. The molecule has 0 aliphatic carbocycles. The van der Waals surface area contributed by atoms with Crippen molar-refractivity contribution in [1.82, 2.24) is 19.6 Å². The van der Waals surface area contributed by atoms with Gasteiger partial charge in [0.2, 0.25) is 16.0 Å². The van der Waals surface area contributed by atoms with Gasteiger partial charge < -0.3 is 10.2 Å².